The Morgan fingerprint density at radius 1 is 1.50 bits per heavy atom. The summed E-state index contributed by atoms with van der Waals surface area (Å²) in [7, 11) is 0. The number of hydrogen-bond acceptors (Lipinski definition) is 4. The summed E-state index contributed by atoms with van der Waals surface area (Å²) in [6.45, 7) is 5.10. The van der Waals surface area contributed by atoms with Crippen LogP contribution in [0.4, 0.5) is 4.39 Å². The molecule has 116 valence electrons. The number of hydrogen-bond donors (Lipinski definition) is 0. The number of esters is 1. The molecule has 2 heterocycles. The lowest BCUT2D eigenvalue weighted by Crippen LogP contribution is -2.24. The van der Waals surface area contributed by atoms with Gasteiger partial charge in [0.2, 0.25) is 5.88 Å². The van der Waals surface area contributed by atoms with Crippen molar-refractivity contribution in [2.45, 2.75) is 20.4 Å². The quantitative estimate of drug-likeness (QED) is 0.818. The van der Waals surface area contributed by atoms with Crippen molar-refractivity contribution >= 4 is 5.97 Å². The molecule has 1 aliphatic heterocycles. The predicted molar refractivity (Wildman–Crippen MR) is 78.2 cm³/mol. The van der Waals surface area contributed by atoms with Crippen molar-refractivity contribution < 1.29 is 18.7 Å². The molecule has 0 aliphatic carbocycles. The molecule has 1 aliphatic rings. The first kappa shape index (κ1) is 14.6. The van der Waals surface area contributed by atoms with Gasteiger partial charge < -0.3 is 9.47 Å². The van der Waals surface area contributed by atoms with E-state index < -0.39 is 11.8 Å². The fraction of sp³-hybridized carbons (Fsp3) is 0.375. The second-order valence-corrected chi connectivity index (χ2v) is 5.33. The number of rotatable bonds is 3. The Balaban J connectivity index is 2.17. The van der Waals surface area contributed by atoms with Gasteiger partial charge in [0.15, 0.2) is 0 Å². The molecule has 0 bridgehead atoms. The minimum Gasteiger partial charge on any atom is -0.477 e. The number of carbonyl (C=O) groups excluding carboxylic acids is 1. The Kier molecular flexibility index (Phi) is 3.83. The number of aromatic nitrogens is 2. The minimum atomic E-state index is -0.545. The number of ether oxygens (including phenoxy) is 2. The molecule has 3 rings (SSSR count). The van der Waals surface area contributed by atoms with Crippen LogP contribution < -0.4 is 4.74 Å². The Labute approximate surface area is 127 Å². The lowest BCUT2D eigenvalue weighted by molar-refractivity contribution is 0.0518. The fourth-order valence-electron chi connectivity index (χ4n) is 2.52. The van der Waals surface area contributed by atoms with Gasteiger partial charge in [-0.1, -0.05) is 19.1 Å². The van der Waals surface area contributed by atoms with Crippen molar-refractivity contribution in [3.8, 4) is 17.1 Å². The summed E-state index contributed by atoms with van der Waals surface area (Å²) in [5.41, 5.74) is 0.725. The van der Waals surface area contributed by atoms with E-state index in [-0.39, 0.29) is 29.3 Å². The molecule has 2 aromatic rings. The molecule has 1 atom stereocenters. The maximum atomic E-state index is 14.1. The molecule has 6 heteroatoms. The molecule has 1 aromatic carbocycles. The maximum absolute atomic E-state index is 14.1. The third kappa shape index (κ3) is 2.45. The van der Waals surface area contributed by atoms with Gasteiger partial charge in [0.25, 0.3) is 0 Å². The van der Waals surface area contributed by atoms with Crippen LogP contribution in [-0.2, 0) is 11.3 Å². The second kappa shape index (κ2) is 5.79. The van der Waals surface area contributed by atoms with Gasteiger partial charge in [-0.15, -0.1) is 0 Å². The van der Waals surface area contributed by atoms with Gasteiger partial charge in [0.05, 0.1) is 19.8 Å². The number of fused-ring (bicyclic) bond motifs is 1. The molecular formula is C16H17FN2O3. The van der Waals surface area contributed by atoms with Crippen molar-refractivity contribution in [2.75, 3.05) is 13.2 Å². The van der Waals surface area contributed by atoms with Crippen LogP contribution in [0.5, 0.6) is 5.88 Å². The highest BCUT2D eigenvalue weighted by Crippen LogP contribution is 2.35. The van der Waals surface area contributed by atoms with Gasteiger partial charge in [-0.25, -0.2) is 13.9 Å². The highest BCUT2D eigenvalue weighted by Gasteiger charge is 2.31. The monoisotopic (exact) mass is 304 g/mol. The van der Waals surface area contributed by atoms with Crippen molar-refractivity contribution in [1.82, 2.24) is 9.78 Å². The largest absolute Gasteiger partial charge is 0.477 e. The predicted octanol–water partition coefficient (Wildman–Crippen LogP) is 2.89. The van der Waals surface area contributed by atoms with Crippen LogP contribution in [0, 0.1) is 11.7 Å². The number of nitrogens with zero attached hydrogens (tertiary/aromatic N) is 2. The Hall–Kier alpha value is -2.37. The third-order valence-corrected chi connectivity index (χ3v) is 3.50. The summed E-state index contributed by atoms with van der Waals surface area (Å²) in [6.07, 6.45) is 0. The molecule has 22 heavy (non-hydrogen) atoms. The van der Waals surface area contributed by atoms with E-state index in [9.17, 15) is 9.18 Å². The normalized spacial score (nSPS) is 16.8. The first-order chi connectivity index (χ1) is 10.6. The topological polar surface area (TPSA) is 53.3 Å². The standard InChI is InChI=1S/C16H17FN2O3/c1-3-21-16(20)13-14(11-6-4-5-7-12(11)17)18-19-8-10(2)9-22-15(13)19/h4-7,10H,3,8-9H2,1-2H3/t10-/m1/s1. The molecule has 0 N–H and O–H groups in total. The smallest absolute Gasteiger partial charge is 0.345 e. The highest BCUT2D eigenvalue weighted by atomic mass is 19.1. The Bertz CT molecular complexity index is 711. The average Bonchev–Trinajstić information content (AvgIpc) is 2.86. The summed E-state index contributed by atoms with van der Waals surface area (Å²) < 4.78 is 26.5. The van der Waals surface area contributed by atoms with Gasteiger partial charge in [0, 0.05) is 11.5 Å². The van der Waals surface area contributed by atoms with Crippen LogP contribution in [0.3, 0.4) is 0 Å². The van der Waals surface area contributed by atoms with E-state index in [2.05, 4.69) is 5.10 Å². The Morgan fingerprint density at radius 2 is 2.27 bits per heavy atom. The van der Waals surface area contributed by atoms with Crippen LogP contribution in [0.2, 0.25) is 0 Å². The van der Waals surface area contributed by atoms with Gasteiger partial charge in [-0.05, 0) is 19.1 Å². The fourth-order valence-corrected chi connectivity index (χ4v) is 2.52. The highest BCUT2D eigenvalue weighted by molar-refractivity contribution is 5.98. The molecule has 5 nitrogen and oxygen atoms in total. The molecule has 0 spiro atoms. The van der Waals surface area contributed by atoms with E-state index in [4.69, 9.17) is 9.47 Å². The van der Waals surface area contributed by atoms with Crippen molar-refractivity contribution in [3.05, 3.63) is 35.6 Å². The zero-order valence-electron chi connectivity index (χ0n) is 12.5. The van der Waals surface area contributed by atoms with Crippen molar-refractivity contribution in [2.24, 2.45) is 5.92 Å². The van der Waals surface area contributed by atoms with Crippen molar-refractivity contribution in [3.63, 3.8) is 0 Å². The summed E-state index contributed by atoms with van der Waals surface area (Å²) in [5.74, 6) is -0.348. The molecule has 0 unspecified atom stereocenters. The van der Waals surface area contributed by atoms with Gasteiger partial charge in [-0.3, -0.25) is 0 Å². The van der Waals surface area contributed by atoms with E-state index in [0.717, 1.165) is 0 Å². The molecular weight excluding hydrogens is 287 g/mol. The third-order valence-electron chi connectivity index (χ3n) is 3.50. The van der Waals surface area contributed by atoms with Gasteiger partial charge >= 0.3 is 5.97 Å². The van der Waals surface area contributed by atoms with E-state index in [0.29, 0.717) is 19.0 Å². The van der Waals surface area contributed by atoms with Crippen LogP contribution in [0.25, 0.3) is 11.3 Å². The van der Waals surface area contributed by atoms with Crippen LogP contribution >= 0.6 is 0 Å². The molecule has 0 amide bonds. The number of benzene rings is 1. The summed E-state index contributed by atoms with van der Waals surface area (Å²) in [4.78, 5) is 12.3. The zero-order chi connectivity index (χ0) is 15.7. The average molecular weight is 304 g/mol. The molecule has 1 aromatic heterocycles. The van der Waals surface area contributed by atoms with Gasteiger partial charge in [-0.2, -0.15) is 5.10 Å². The number of carbonyl (C=O) groups is 1. The van der Waals surface area contributed by atoms with E-state index in [1.54, 1.807) is 29.8 Å². The zero-order valence-corrected chi connectivity index (χ0v) is 12.5. The summed E-state index contributed by atoms with van der Waals surface area (Å²) in [5, 5.41) is 4.39. The van der Waals surface area contributed by atoms with E-state index in [1.807, 2.05) is 6.92 Å². The molecule has 0 saturated carbocycles. The summed E-state index contributed by atoms with van der Waals surface area (Å²) in [6, 6.07) is 6.23. The van der Waals surface area contributed by atoms with Crippen LogP contribution in [0.1, 0.15) is 24.2 Å². The minimum absolute atomic E-state index is 0.193. The van der Waals surface area contributed by atoms with Crippen molar-refractivity contribution in [1.29, 1.82) is 0 Å². The SMILES string of the molecule is CCOC(=O)c1c(-c2ccccc2F)nn2c1OC[C@H](C)C2. The van der Waals surface area contributed by atoms with Gasteiger partial charge in [0.1, 0.15) is 17.1 Å². The number of halogens is 1. The summed E-state index contributed by atoms with van der Waals surface area (Å²) >= 11 is 0. The lowest BCUT2D eigenvalue weighted by atomic mass is 10.1. The first-order valence-electron chi connectivity index (χ1n) is 7.27. The second-order valence-electron chi connectivity index (χ2n) is 5.33. The maximum Gasteiger partial charge on any atom is 0.345 e. The molecule has 0 fully saturated rings. The lowest BCUT2D eigenvalue weighted by Gasteiger charge is -2.21. The molecule has 0 radical (unpaired) electrons. The van der Waals surface area contributed by atoms with Crippen LogP contribution in [-0.4, -0.2) is 29.0 Å². The van der Waals surface area contributed by atoms with E-state index >= 15 is 0 Å². The van der Waals surface area contributed by atoms with Crippen LogP contribution in [0.15, 0.2) is 24.3 Å². The molecule has 0 saturated heterocycles. The Morgan fingerprint density at radius 3 is 3.00 bits per heavy atom. The van der Waals surface area contributed by atoms with E-state index in [1.165, 1.54) is 6.07 Å². The first-order valence-corrected chi connectivity index (χ1v) is 7.27.